The zero-order chi connectivity index (χ0) is 16.0. The van der Waals surface area contributed by atoms with Gasteiger partial charge < -0.3 is 15.8 Å². The van der Waals surface area contributed by atoms with Crippen LogP contribution < -0.4 is 11.1 Å². The lowest BCUT2D eigenvalue weighted by atomic mass is 10.1. The van der Waals surface area contributed by atoms with E-state index in [0.717, 1.165) is 24.6 Å². The normalized spacial score (nSPS) is 11.2. The second kappa shape index (κ2) is 7.37. The summed E-state index contributed by atoms with van der Waals surface area (Å²) in [6, 6.07) is 2.78. The Balaban J connectivity index is 2.92. The molecule has 1 aromatic carbocycles. The van der Waals surface area contributed by atoms with Gasteiger partial charge in [0.2, 0.25) is 5.91 Å². The standard InChI is InChI=1S/C13H15F3N2O2S/c1-2-5-20-7-11(19)18-10-4-3-8(13(14,15)16)6-9(10)12(17)21/h3-4,6H,2,5,7H2,1H3,(H2,17,21)(H,18,19). The van der Waals surface area contributed by atoms with E-state index in [2.05, 4.69) is 5.32 Å². The van der Waals surface area contributed by atoms with Gasteiger partial charge in [-0.1, -0.05) is 19.1 Å². The smallest absolute Gasteiger partial charge is 0.389 e. The zero-order valence-corrected chi connectivity index (χ0v) is 12.1. The van der Waals surface area contributed by atoms with E-state index in [9.17, 15) is 18.0 Å². The van der Waals surface area contributed by atoms with Crippen LogP contribution in [0.1, 0.15) is 24.5 Å². The average Bonchev–Trinajstić information content (AvgIpc) is 2.37. The minimum absolute atomic E-state index is 0.0383. The lowest BCUT2D eigenvalue weighted by Gasteiger charge is -2.13. The van der Waals surface area contributed by atoms with Gasteiger partial charge in [-0.15, -0.1) is 0 Å². The first-order valence-corrected chi connectivity index (χ1v) is 6.55. The number of anilines is 1. The van der Waals surface area contributed by atoms with Crippen LogP contribution in [0, 0.1) is 0 Å². The number of ether oxygens (including phenoxy) is 1. The molecule has 0 atom stereocenters. The molecule has 0 aliphatic rings. The molecule has 8 heteroatoms. The molecule has 0 unspecified atom stereocenters. The Labute approximate surface area is 125 Å². The Morgan fingerprint density at radius 3 is 2.62 bits per heavy atom. The van der Waals surface area contributed by atoms with Crippen molar-refractivity contribution in [3.8, 4) is 0 Å². The van der Waals surface area contributed by atoms with E-state index < -0.39 is 17.6 Å². The Morgan fingerprint density at radius 2 is 2.10 bits per heavy atom. The van der Waals surface area contributed by atoms with Crippen molar-refractivity contribution in [1.29, 1.82) is 0 Å². The molecule has 116 valence electrons. The molecular weight excluding hydrogens is 305 g/mol. The summed E-state index contributed by atoms with van der Waals surface area (Å²) in [4.78, 5) is 11.4. The number of alkyl halides is 3. The van der Waals surface area contributed by atoms with Crippen LogP contribution in [0.5, 0.6) is 0 Å². The van der Waals surface area contributed by atoms with Gasteiger partial charge in [0.25, 0.3) is 0 Å². The van der Waals surface area contributed by atoms with Crippen molar-refractivity contribution in [2.45, 2.75) is 19.5 Å². The topological polar surface area (TPSA) is 64.3 Å². The molecule has 0 saturated carbocycles. The summed E-state index contributed by atoms with van der Waals surface area (Å²) in [5.41, 5.74) is 4.61. The molecule has 0 bridgehead atoms. The van der Waals surface area contributed by atoms with E-state index in [4.69, 9.17) is 22.7 Å². The molecule has 0 aliphatic heterocycles. The summed E-state index contributed by atoms with van der Waals surface area (Å²) in [6.45, 7) is 2.12. The van der Waals surface area contributed by atoms with Crippen LogP contribution in [-0.2, 0) is 15.7 Å². The highest BCUT2D eigenvalue weighted by Crippen LogP contribution is 2.31. The third-order valence-electron chi connectivity index (χ3n) is 2.47. The first-order chi connectivity index (χ1) is 9.75. The third kappa shape index (κ3) is 5.31. The number of halogens is 3. The summed E-state index contributed by atoms with van der Waals surface area (Å²) >= 11 is 4.72. The number of rotatable bonds is 6. The van der Waals surface area contributed by atoms with Crippen molar-refractivity contribution in [2.75, 3.05) is 18.5 Å². The summed E-state index contributed by atoms with van der Waals surface area (Å²) in [5.74, 6) is -0.485. The molecule has 0 radical (unpaired) electrons. The van der Waals surface area contributed by atoms with Crippen molar-refractivity contribution in [3.63, 3.8) is 0 Å². The van der Waals surface area contributed by atoms with Crippen LogP contribution in [-0.4, -0.2) is 24.1 Å². The van der Waals surface area contributed by atoms with Crippen LogP contribution in [0.15, 0.2) is 18.2 Å². The molecule has 1 amide bonds. The van der Waals surface area contributed by atoms with Gasteiger partial charge in [0.1, 0.15) is 11.6 Å². The molecule has 21 heavy (non-hydrogen) atoms. The van der Waals surface area contributed by atoms with Crippen LogP contribution in [0.2, 0.25) is 0 Å². The summed E-state index contributed by atoms with van der Waals surface area (Å²) in [5, 5.41) is 2.43. The molecule has 0 saturated heterocycles. The lowest BCUT2D eigenvalue weighted by Crippen LogP contribution is -2.22. The number of nitrogens with one attached hydrogen (secondary N) is 1. The minimum Gasteiger partial charge on any atom is -0.389 e. The van der Waals surface area contributed by atoms with Crippen molar-refractivity contribution in [1.82, 2.24) is 0 Å². The number of amides is 1. The predicted molar refractivity (Wildman–Crippen MR) is 77.1 cm³/mol. The van der Waals surface area contributed by atoms with Gasteiger partial charge in [-0.25, -0.2) is 0 Å². The highest BCUT2D eigenvalue weighted by molar-refractivity contribution is 7.80. The molecule has 0 aromatic heterocycles. The van der Waals surface area contributed by atoms with E-state index in [0.29, 0.717) is 6.61 Å². The van der Waals surface area contributed by atoms with Gasteiger partial charge in [-0.05, 0) is 24.6 Å². The van der Waals surface area contributed by atoms with Gasteiger partial charge >= 0.3 is 6.18 Å². The number of carbonyl (C=O) groups is 1. The largest absolute Gasteiger partial charge is 0.416 e. The number of thiocarbonyl (C=S) groups is 1. The second-order valence-corrected chi connectivity index (χ2v) is 4.66. The SMILES string of the molecule is CCCOCC(=O)Nc1ccc(C(F)(F)F)cc1C(N)=S. The average molecular weight is 320 g/mol. The summed E-state index contributed by atoms with van der Waals surface area (Å²) in [6.07, 6.45) is -3.75. The highest BCUT2D eigenvalue weighted by atomic mass is 32.1. The fourth-order valence-corrected chi connectivity index (χ4v) is 1.70. The third-order valence-corrected chi connectivity index (χ3v) is 2.69. The molecule has 0 aliphatic carbocycles. The zero-order valence-electron chi connectivity index (χ0n) is 11.3. The Kier molecular flexibility index (Phi) is 6.10. The maximum absolute atomic E-state index is 12.6. The second-order valence-electron chi connectivity index (χ2n) is 4.22. The summed E-state index contributed by atoms with van der Waals surface area (Å²) in [7, 11) is 0. The quantitative estimate of drug-likeness (QED) is 0.625. The van der Waals surface area contributed by atoms with Crippen LogP contribution in [0.4, 0.5) is 18.9 Å². The maximum Gasteiger partial charge on any atom is 0.416 e. The van der Waals surface area contributed by atoms with Gasteiger partial charge in [-0.2, -0.15) is 13.2 Å². The van der Waals surface area contributed by atoms with E-state index in [1.807, 2.05) is 6.92 Å². The first-order valence-electron chi connectivity index (χ1n) is 6.14. The van der Waals surface area contributed by atoms with Crippen LogP contribution >= 0.6 is 12.2 Å². The molecule has 4 nitrogen and oxygen atoms in total. The fourth-order valence-electron chi connectivity index (χ4n) is 1.53. The van der Waals surface area contributed by atoms with Gasteiger partial charge in [0.15, 0.2) is 0 Å². The van der Waals surface area contributed by atoms with Crippen molar-refractivity contribution < 1.29 is 22.7 Å². The Bertz CT molecular complexity index is 533. The number of benzene rings is 1. The monoisotopic (exact) mass is 320 g/mol. The highest BCUT2D eigenvalue weighted by Gasteiger charge is 2.31. The predicted octanol–water partition coefficient (Wildman–Crippen LogP) is 2.70. The molecule has 0 heterocycles. The Morgan fingerprint density at radius 1 is 1.43 bits per heavy atom. The van der Waals surface area contributed by atoms with Crippen molar-refractivity contribution >= 4 is 28.8 Å². The van der Waals surface area contributed by atoms with Crippen molar-refractivity contribution in [3.05, 3.63) is 29.3 Å². The number of hydrogen-bond acceptors (Lipinski definition) is 3. The molecule has 1 aromatic rings. The van der Waals surface area contributed by atoms with Gasteiger partial charge in [0, 0.05) is 12.2 Å². The van der Waals surface area contributed by atoms with Gasteiger partial charge in [0.05, 0.1) is 11.3 Å². The van der Waals surface area contributed by atoms with Gasteiger partial charge in [-0.3, -0.25) is 4.79 Å². The molecular formula is C13H15F3N2O2S. The van der Waals surface area contributed by atoms with Crippen LogP contribution in [0.25, 0.3) is 0 Å². The number of carbonyl (C=O) groups excluding carboxylic acids is 1. The first kappa shape index (κ1) is 17.4. The Hall–Kier alpha value is -1.67. The summed E-state index contributed by atoms with van der Waals surface area (Å²) < 4.78 is 43.0. The molecule has 1 rings (SSSR count). The molecule has 3 N–H and O–H groups in total. The fraction of sp³-hybridized carbons (Fsp3) is 0.385. The molecule has 0 fully saturated rings. The number of nitrogens with two attached hydrogens (primary N) is 1. The molecule has 0 spiro atoms. The van der Waals surface area contributed by atoms with E-state index in [-0.39, 0.29) is 22.8 Å². The van der Waals surface area contributed by atoms with E-state index >= 15 is 0 Å². The lowest BCUT2D eigenvalue weighted by molar-refractivity contribution is -0.137. The van der Waals surface area contributed by atoms with Crippen LogP contribution in [0.3, 0.4) is 0 Å². The van der Waals surface area contributed by atoms with E-state index in [1.54, 1.807) is 0 Å². The van der Waals surface area contributed by atoms with Crippen molar-refractivity contribution in [2.24, 2.45) is 5.73 Å². The van der Waals surface area contributed by atoms with E-state index in [1.165, 1.54) is 0 Å². The number of hydrogen-bond donors (Lipinski definition) is 2. The minimum atomic E-state index is -4.51. The maximum atomic E-state index is 12.6.